The van der Waals surface area contributed by atoms with Gasteiger partial charge in [-0.25, -0.2) is 4.79 Å². The molecule has 0 aliphatic carbocycles. The minimum Gasteiger partial charge on any atom is -0.478 e. The average molecular weight is 264 g/mol. The molecule has 0 heterocycles. The van der Waals surface area contributed by atoms with Gasteiger partial charge in [-0.05, 0) is 30.2 Å². The van der Waals surface area contributed by atoms with E-state index in [2.05, 4.69) is 15.9 Å². The molecule has 0 aromatic heterocycles. The predicted octanol–water partition coefficient (Wildman–Crippen LogP) is 3.24. The zero-order valence-electron chi connectivity index (χ0n) is 6.97. The monoisotopic (exact) mass is 262 g/mol. The molecule has 0 amide bonds. The lowest BCUT2D eigenvalue weighted by atomic mass is 10.1. The Kier molecular flexibility index (Phi) is 3.33. The average Bonchev–Trinajstić information content (AvgIpc) is 2.09. The summed E-state index contributed by atoms with van der Waals surface area (Å²) in [6.45, 7) is 1.70. The summed E-state index contributed by atoms with van der Waals surface area (Å²) in [6.07, 6.45) is 0. The van der Waals surface area contributed by atoms with E-state index in [1.807, 2.05) is 0 Å². The first-order valence-corrected chi connectivity index (χ1v) is 5.14. The molecule has 0 unspecified atom stereocenters. The van der Waals surface area contributed by atoms with Crippen molar-refractivity contribution in [3.8, 4) is 0 Å². The summed E-state index contributed by atoms with van der Waals surface area (Å²) >= 11 is 9.11. The van der Waals surface area contributed by atoms with Crippen LogP contribution in [0.4, 0.5) is 0 Å². The Hall–Kier alpha value is -0.540. The van der Waals surface area contributed by atoms with Crippen molar-refractivity contribution in [1.29, 1.82) is 0 Å². The molecule has 1 rings (SSSR count). The number of halogens is 2. The fourth-order valence-corrected chi connectivity index (χ4v) is 1.60. The van der Waals surface area contributed by atoms with Gasteiger partial charge in [-0.15, -0.1) is 0 Å². The van der Waals surface area contributed by atoms with Crippen molar-refractivity contribution in [3.05, 3.63) is 33.8 Å². The van der Waals surface area contributed by atoms with Crippen LogP contribution in [0, 0.1) is 6.92 Å². The molecule has 0 fully saturated rings. The number of carboxylic acid groups (broad SMARTS) is 1. The van der Waals surface area contributed by atoms with Crippen LogP contribution < -0.4 is 0 Å². The van der Waals surface area contributed by atoms with Crippen LogP contribution >= 0.6 is 27.5 Å². The number of carboxylic acids is 1. The predicted molar refractivity (Wildman–Crippen MR) is 55.8 cm³/mol. The van der Waals surface area contributed by atoms with Crippen LogP contribution in [0.3, 0.4) is 0 Å². The summed E-state index contributed by atoms with van der Waals surface area (Å²) in [7, 11) is 0. The van der Waals surface area contributed by atoms with Gasteiger partial charge < -0.3 is 5.11 Å². The van der Waals surface area contributed by atoms with Gasteiger partial charge in [0.2, 0.25) is 0 Å². The number of benzene rings is 1. The first kappa shape index (κ1) is 10.5. The summed E-state index contributed by atoms with van der Waals surface area (Å²) < 4.78 is 0. The normalized spacial score (nSPS) is 10.1. The lowest BCUT2D eigenvalue weighted by Gasteiger charge is -2.05. The van der Waals surface area contributed by atoms with Crippen molar-refractivity contribution in [3.63, 3.8) is 0 Å². The Morgan fingerprint density at radius 2 is 2.23 bits per heavy atom. The maximum Gasteiger partial charge on any atom is 0.336 e. The van der Waals surface area contributed by atoms with E-state index in [9.17, 15) is 4.79 Å². The number of hydrogen-bond donors (Lipinski definition) is 1. The minimum absolute atomic E-state index is 0.266. The van der Waals surface area contributed by atoms with Crippen LogP contribution in [-0.4, -0.2) is 11.1 Å². The summed E-state index contributed by atoms with van der Waals surface area (Å²) in [5.74, 6) is -0.942. The van der Waals surface area contributed by atoms with Gasteiger partial charge in [-0.3, -0.25) is 0 Å². The SMILES string of the molecule is Cc1c(Cl)cc(CBr)cc1C(=O)O. The second-order valence-electron chi connectivity index (χ2n) is 2.69. The molecule has 0 spiro atoms. The molecule has 1 N–H and O–H groups in total. The second-order valence-corrected chi connectivity index (χ2v) is 3.66. The van der Waals surface area contributed by atoms with E-state index in [1.165, 1.54) is 0 Å². The topological polar surface area (TPSA) is 37.3 Å². The van der Waals surface area contributed by atoms with Crippen LogP contribution in [0.1, 0.15) is 21.5 Å². The number of carbonyl (C=O) groups is 1. The van der Waals surface area contributed by atoms with Gasteiger partial charge >= 0.3 is 5.97 Å². The summed E-state index contributed by atoms with van der Waals surface area (Å²) in [6, 6.07) is 3.39. The third-order valence-electron chi connectivity index (χ3n) is 1.79. The third kappa shape index (κ3) is 2.23. The largest absolute Gasteiger partial charge is 0.478 e. The maximum absolute atomic E-state index is 10.8. The lowest BCUT2D eigenvalue weighted by molar-refractivity contribution is 0.0696. The van der Waals surface area contributed by atoms with Gasteiger partial charge in [0.1, 0.15) is 0 Å². The summed E-state index contributed by atoms with van der Waals surface area (Å²) in [4.78, 5) is 10.8. The number of alkyl halides is 1. The molecule has 70 valence electrons. The zero-order valence-corrected chi connectivity index (χ0v) is 9.32. The minimum atomic E-state index is -0.942. The third-order valence-corrected chi connectivity index (χ3v) is 2.83. The molecule has 0 bridgehead atoms. The van der Waals surface area contributed by atoms with Crippen molar-refractivity contribution < 1.29 is 9.90 Å². The molecule has 13 heavy (non-hydrogen) atoms. The van der Waals surface area contributed by atoms with E-state index in [0.717, 1.165) is 5.56 Å². The van der Waals surface area contributed by atoms with E-state index in [4.69, 9.17) is 16.7 Å². The van der Waals surface area contributed by atoms with E-state index in [1.54, 1.807) is 19.1 Å². The van der Waals surface area contributed by atoms with Gasteiger partial charge in [0.05, 0.1) is 5.56 Å². The van der Waals surface area contributed by atoms with Gasteiger partial charge in [-0.2, -0.15) is 0 Å². The molecule has 0 aliphatic heterocycles. The van der Waals surface area contributed by atoms with Crippen LogP contribution in [0.2, 0.25) is 5.02 Å². The maximum atomic E-state index is 10.8. The van der Waals surface area contributed by atoms with Gasteiger partial charge in [0.25, 0.3) is 0 Å². The van der Waals surface area contributed by atoms with Crippen molar-refractivity contribution >= 4 is 33.5 Å². The number of rotatable bonds is 2. The zero-order chi connectivity index (χ0) is 10.0. The molecule has 0 radical (unpaired) electrons. The van der Waals surface area contributed by atoms with Gasteiger partial charge in [0, 0.05) is 10.4 Å². The van der Waals surface area contributed by atoms with Crippen molar-refractivity contribution in [2.45, 2.75) is 12.3 Å². The highest BCUT2D eigenvalue weighted by Gasteiger charge is 2.10. The Labute approximate surface area is 89.7 Å². The molecular formula is C9H8BrClO2. The number of hydrogen-bond acceptors (Lipinski definition) is 1. The summed E-state index contributed by atoms with van der Waals surface area (Å²) in [5, 5.41) is 9.94. The van der Waals surface area contributed by atoms with Crippen molar-refractivity contribution in [1.82, 2.24) is 0 Å². The highest BCUT2D eigenvalue weighted by Crippen LogP contribution is 2.22. The molecular weight excluding hydrogens is 255 g/mol. The Morgan fingerprint density at radius 1 is 1.62 bits per heavy atom. The Bertz CT molecular complexity index is 350. The standard InChI is InChI=1S/C9H8BrClO2/c1-5-7(9(12)13)2-6(4-10)3-8(5)11/h2-3H,4H2,1H3,(H,12,13). The van der Waals surface area contributed by atoms with Crippen LogP contribution in [0.15, 0.2) is 12.1 Å². The highest BCUT2D eigenvalue weighted by atomic mass is 79.9. The summed E-state index contributed by atoms with van der Waals surface area (Å²) in [5.41, 5.74) is 1.74. The van der Waals surface area contributed by atoms with E-state index >= 15 is 0 Å². The van der Waals surface area contributed by atoms with Gasteiger partial charge in [0.15, 0.2) is 0 Å². The number of aromatic carboxylic acids is 1. The fraction of sp³-hybridized carbons (Fsp3) is 0.222. The molecule has 0 saturated carbocycles. The van der Waals surface area contributed by atoms with Crippen molar-refractivity contribution in [2.24, 2.45) is 0 Å². The smallest absolute Gasteiger partial charge is 0.336 e. The van der Waals surface area contributed by atoms with Crippen LogP contribution in [-0.2, 0) is 5.33 Å². The first-order valence-electron chi connectivity index (χ1n) is 3.64. The molecule has 0 saturated heterocycles. The Balaban J connectivity index is 3.33. The molecule has 0 atom stereocenters. The highest BCUT2D eigenvalue weighted by molar-refractivity contribution is 9.08. The van der Waals surface area contributed by atoms with E-state index in [0.29, 0.717) is 15.9 Å². The molecule has 1 aromatic carbocycles. The second kappa shape index (κ2) is 4.11. The molecule has 2 nitrogen and oxygen atoms in total. The van der Waals surface area contributed by atoms with Gasteiger partial charge in [-0.1, -0.05) is 27.5 Å². The fourth-order valence-electron chi connectivity index (χ4n) is 1.03. The Morgan fingerprint density at radius 3 is 2.69 bits per heavy atom. The quantitative estimate of drug-likeness (QED) is 0.832. The van der Waals surface area contributed by atoms with E-state index < -0.39 is 5.97 Å². The first-order chi connectivity index (χ1) is 6.06. The van der Waals surface area contributed by atoms with Crippen molar-refractivity contribution in [2.75, 3.05) is 0 Å². The lowest BCUT2D eigenvalue weighted by Crippen LogP contribution is -2.01. The molecule has 1 aromatic rings. The molecule has 0 aliphatic rings. The molecule has 4 heteroatoms. The van der Waals surface area contributed by atoms with Crippen LogP contribution in [0.5, 0.6) is 0 Å². The van der Waals surface area contributed by atoms with Crippen LogP contribution in [0.25, 0.3) is 0 Å². The van der Waals surface area contributed by atoms with E-state index in [-0.39, 0.29) is 5.56 Å².